The van der Waals surface area contributed by atoms with Crippen molar-refractivity contribution in [3.05, 3.63) is 58.9 Å². The molecule has 0 unspecified atom stereocenters. The molecular weight excluding hydrogens is 336 g/mol. The number of nitrogens with zero attached hydrogens (tertiary/aromatic N) is 2. The number of rotatable bonds is 3. The van der Waals surface area contributed by atoms with E-state index < -0.39 is 6.10 Å². The standard InChI is InChI=1S/C19H18N2O3S/c22-15-12-21(19(23)18-7-3-11-25-18)10-8-17(15)24-16-6-1-5-14-13(16)4-2-9-20-14/h1-7,9,11,15,17,22H,8,10,12H2/t15-,17-/m1/s1. The number of likely N-dealkylation sites (tertiary alicyclic amines) is 1. The minimum absolute atomic E-state index is 0.0261. The van der Waals surface area contributed by atoms with E-state index in [9.17, 15) is 9.90 Å². The second-order valence-electron chi connectivity index (χ2n) is 6.07. The predicted molar refractivity (Wildman–Crippen MR) is 97.0 cm³/mol. The zero-order chi connectivity index (χ0) is 17.2. The molecule has 3 heterocycles. The fourth-order valence-corrected chi connectivity index (χ4v) is 3.82. The van der Waals surface area contributed by atoms with Gasteiger partial charge in [0.1, 0.15) is 18.0 Å². The summed E-state index contributed by atoms with van der Waals surface area (Å²) in [5, 5.41) is 13.3. The van der Waals surface area contributed by atoms with Gasteiger partial charge in [-0.25, -0.2) is 0 Å². The molecule has 3 aromatic rings. The summed E-state index contributed by atoms with van der Waals surface area (Å²) in [6, 6.07) is 13.2. The van der Waals surface area contributed by atoms with Gasteiger partial charge in [-0.1, -0.05) is 12.1 Å². The topological polar surface area (TPSA) is 62.7 Å². The lowest BCUT2D eigenvalue weighted by Gasteiger charge is -2.35. The number of aliphatic hydroxyl groups is 1. The third-order valence-corrected chi connectivity index (χ3v) is 5.28. The van der Waals surface area contributed by atoms with Gasteiger partial charge in [0.15, 0.2) is 0 Å². The normalized spacial score (nSPS) is 20.6. The van der Waals surface area contributed by atoms with Crippen molar-refractivity contribution >= 4 is 28.1 Å². The largest absolute Gasteiger partial charge is 0.487 e. The molecule has 2 atom stereocenters. The van der Waals surface area contributed by atoms with Crippen molar-refractivity contribution in [1.82, 2.24) is 9.88 Å². The maximum atomic E-state index is 12.4. The van der Waals surface area contributed by atoms with Gasteiger partial charge in [0, 0.05) is 24.5 Å². The minimum Gasteiger partial charge on any atom is -0.487 e. The molecule has 1 amide bonds. The molecule has 25 heavy (non-hydrogen) atoms. The number of hydrogen-bond acceptors (Lipinski definition) is 5. The fraction of sp³-hybridized carbons (Fsp3) is 0.263. The van der Waals surface area contributed by atoms with Crippen LogP contribution in [0.25, 0.3) is 10.9 Å². The van der Waals surface area contributed by atoms with Crippen LogP contribution in [-0.2, 0) is 0 Å². The first-order valence-electron chi connectivity index (χ1n) is 8.23. The Hall–Kier alpha value is -2.44. The summed E-state index contributed by atoms with van der Waals surface area (Å²) < 4.78 is 6.07. The van der Waals surface area contributed by atoms with E-state index >= 15 is 0 Å². The molecule has 0 spiro atoms. The Labute approximate surface area is 149 Å². The molecule has 1 fully saturated rings. The van der Waals surface area contributed by atoms with Crippen LogP contribution < -0.4 is 4.74 Å². The average Bonchev–Trinajstić information content (AvgIpc) is 3.18. The van der Waals surface area contributed by atoms with E-state index in [0.717, 1.165) is 10.9 Å². The summed E-state index contributed by atoms with van der Waals surface area (Å²) >= 11 is 1.42. The van der Waals surface area contributed by atoms with Crippen LogP contribution in [-0.4, -0.2) is 46.2 Å². The molecule has 0 bridgehead atoms. The van der Waals surface area contributed by atoms with Gasteiger partial charge in [0.25, 0.3) is 5.91 Å². The first kappa shape index (κ1) is 16.1. The van der Waals surface area contributed by atoms with Crippen LogP contribution in [0.5, 0.6) is 5.75 Å². The first-order chi connectivity index (χ1) is 12.2. The number of aromatic nitrogens is 1. The van der Waals surface area contributed by atoms with E-state index in [2.05, 4.69) is 4.98 Å². The van der Waals surface area contributed by atoms with E-state index in [1.54, 1.807) is 11.1 Å². The van der Waals surface area contributed by atoms with E-state index in [-0.39, 0.29) is 18.6 Å². The number of amides is 1. The van der Waals surface area contributed by atoms with Crippen LogP contribution in [0.4, 0.5) is 0 Å². The van der Waals surface area contributed by atoms with Crippen molar-refractivity contribution in [2.24, 2.45) is 0 Å². The summed E-state index contributed by atoms with van der Waals surface area (Å²) in [7, 11) is 0. The number of piperidine rings is 1. The van der Waals surface area contributed by atoms with Crippen LogP contribution in [0.2, 0.25) is 0 Å². The van der Waals surface area contributed by atoms with Gasteiger partial charge in [-0.05, 0) is 35.7 Å². The van der Waals surface area contributed by atoms with Crippen LogP contribution in [0.1, 0.15) is 16.1 Å². The average molecular weight is 354 g/mol. The van der Waals surface area contributed by atoms with Gasteiger partial charge >= 0.3 is 0 Å². The first-order valence-corrected chi connectivity index (χ1v) is 9.11. The monoisotopic (exact) mass is 354 g/mol. The van der Waals surface area contributed by atoms with E-state index in [0.29, 0.717) is 23.6 Å². The zero-order valence-corrected chi connectivity index (χ0v) is 14.4. The summed E-state index contributed by atoms with van der Waals surface area (Å²) in [5.41, 5.74) is 0.861. The van der Waals surface area contributed by atoms with Crippen molar-refractivity contribution < 1.29 is 14.6 Å². The summed E-state index contributed by atoms with van der Waals surface area (Å²) in [5.74, 6) is 0.689. The second-order valence-corrected chi connectivity index (χ2v) is 7.01. The number of ether oxygens (including phenoxy) is 1. The Kier molecular flexibility index (Phi) is 4.38. The zero-order valence-electron chi connectivity index (χ0n) is 13.5. The summed E-state index contributed by atoms with van der Waals surface area (Å²) in [6.45, 7) is 0.853. The predicted octanol–water partition coefficient (Wildman–Crippen LogP) is 2.95. The van der Waals surface area contributed by atoms with E-state index in [1.165, 1.54) is 11.3 Å². The Morgan fingerprint density at radius 2 is 2.16 bits per heavy atom. The highest BCUT2D eigenvalue weighted by atomic mass is 32.1. The highest BCUT2D eigenvalue weighted by molar-refractivity contribution is 7.12. The Bertz CT molecular complexity index is 876. The van der Waals surface area contributed by atoms with E-state index in [1.807, 2.05) is 47.8 Å². The number of hydrogen-bond donors (Lipinski definition) is 1. The quantitative estimate of drug-likeness (QED) is 0.785. The molecule has 0 aliphatic carbocycles. The number of β-amino-alcohol motifs (C(OH)–C–C–N with tert-alkyl or cyclic N) is 1. The van der Waals surface area contributed by atoms with Gasteiger partial charge in [0.2, 0.25) is 0 Å². The van der Waals surface area contributed by atoms with Gasteiger partial charge in [0.05, 0.1) is 16.9 Å². The van der Waals surface area contributed by atoms with Gasteiger partial charge < -0.3 is 14.7 Å². The van der Waals surface area contributed by atoms with E-state index in [4.69, 9.17) is 4.74 Å². The molecule has 0 saturated carbocycles. The van der Waals surface area contributed by atoms with Gasteiger partial charge in [-0.15, -0.1) is 11.3 Å². The van der Waals surface area contributed by atoms with Crippen molar-refractivity contribution in [2.45, 2.75) is 18.6 Å². The molecule has 1 aliphatic heterocycles. The van der Waals surface area contributed by atoms with Crippen LogP contribution in [0.15, 0.2) is 54.0 Å². The fourth-order valence-electron chi connectivity index (χ4n) is 3.13. The van der Waals surface area contributed by atoms with Crippen LogP contribution in [0.3, 0.4) is 0 Å². The smallest absolute Gasteiger partial charge is 0.264 e. The lowest BCUT2D eigenvalue weighted by atomic mass is 10.0. The molecule has 2 aromatic heterocycles. The second kappa shape index (κ2) is 6.82. The summed E-state index contributed by atoms with van der Waals surface area (Å²) in [6.07, 6.45) is 1.28. The summed E-state index contributed by atoms with van der Waals surface area (Å²) in [4.78, 5) is 19.1. The number of carbonyl (C=O) groups excluding carboxylic acids is 1. The number of pyridine rings is 1. The van der Waals surface area contributed by atoms with Gasteiger partial charge in [-0.2, -0.15) is 0 Å². The maximum Gasteiger partial charge on any atom is 0.264 e. The van der Waals surface area contributed by atoms with Crippen LogP contribution >= 0.6 is 11.3 Å². The Morgan fingerprint density at radius 3 is 2.96 bits per heavy atom. The number of aliphatic hydroxyl groups excluding tert-OH is 1. The highest BCUT2D eigenvalue weighted by Gasteiger charge is 2.32. The number of carbonyl (C=O) groups is 1. The SMILES string of the molecule is O=C(c1cccs1)N1CC[C@@H](Oc2cccc3ncccc23)[C@H](O)C1. The van der Waals surface area contributed by atoms with Crippen molar-refractivity contribution in [3.8, 4) is 5.75 Å². The maximum absolute atomic E-state index is 12.4. The molecule has 0 radical (unpaired) electrons. The third-order valence-electron chi connectivity index (χ3n) is 4.42. The number of benzene rings is 1. The molecule has 1 aliphatic rings. The van der Waals surface area contributed by atoms with Crippen molar-refractivity contribution in [3.63, 3.8) is 0 Å². The molecule has 4 rings (SSSR count). The minimum atomic E-state index is -0.718. The lowest BCUT2D eigenvalue weighted by Crippen LogP contribution is -2.50. The van der Waals surface area contributed by atoms with Gasteiger partial charge in [-0.3, -0.25) is 9.78 Å². The number of thiophene rings is 1. The molecule has 5 nitrogen and oxygen atoms in total. The number of fused-ring (bicyclic) bond motifs is 1. The Morgan fingerprint density at radius 1 is 1.24 bits per heavy atom. The molecule has 1 saturated heterocycles. The van der Waals surface area contributed by atoms with Crippen LogP contribution in [0, 0.1) is 0 Å². The molecular formula is C19H18N2O3S. The molecule has 6 heteroatoms. The molecule has 1 aromatic carbocycles. The third kappa shape index (κ3) is 3.23. The Balaban J connectivity index is 1.47. The highest BCUT2D eigenvalue weighted by Crippen LogP contribution is 2.27. The van der Waals surface area contributed by atoms with Crippen molar-refractivity contribution in [1.29, 1.82) is 0 Å². The molecule has 1 N–H and O–H groups in total. The van der Waals surface area contributed by atoms with Crippen molar-refractivity contribution in [2.75, 3.05) is 13.1 Å². The molecule has 128 valence electrons. The lowest BCUT2D eigenvalue weighted by molar-refractivity contribution is -0.0191.